The molecule has 2 heterocycles. The molecular weight excluding hydrogens is 379 g/mol. The molecule has 0 spiro atoms. The van der Waals surface area contributed by atoms with Crippen LogP contribution in [0.2, 0.25) is 0 Å². The van der Waals surface area contributed by atoms with Crippen LogP contribution in [0.25, 0.3) is 0 Å². The molecule has 0 radical (unpaired) electrons. The third kappa shape index (κ3) is 5.44. The average molecular weight is 406 g/mol. The van der Waals surface area contributed by atoms with Crippen LogP contribution in [0.3, 0.4) is 0 Å². The standard InChI is InChI=1S/C20H27FN4O4/c1-20(2,3)29-19(28)25-9-8-22-16(11-25)12-4-5-14(13(21)10-12)23-15-6-7-17(26)24-18(15)27/h4-5,10,15-16,22-23H,6-9,11H2,1-3H3,(H,24,26,27). The number of benzene rings is 1. The first-order valence-corrected chi connectivity index (χ1v) is 9.73. The third-order valence-electron chi connectivity index (χ3n) is 4.79. The van der Waals surface area contributed by atoms with Gasteiger partial charge in [0.05, 0.1) is 11.7 Å². The van der Waals surface area contributed by atoms with E-state index in [0.717, 1.165) is 0 Å². The molecule has 1 aromatic carbocycles. The summed E-state index contributed by atoms with van der Waals surface area (Å²) in [4.78, 5) is 37.0. The zero-order chi connectivity index (χ0) is 21.2. The van der Waals surface area contributed by atoms with E-state index in [-0.39, 0.29) is 30.2 Å². The summed E-state index contributed by atoms with van der Waals surface area (Å²) in [6.45, 7) is 6.90. The number of halogens is 1. The van der Waals surface area contributed by atoms with E-state index < -0.39 is 23.4 Å². The lowest BCUT2D eigenvalue weighted by Gasteiger charge is -2.35. The highest BCUT2D eigenvalue weighted by Gasteiger charge is 2.29. The van der Waals surface area contributed by atoms with E-state index >= 15 is 0 Å². The van der Waals surface area contributed by atoms with E-state index in [1.54, 1.807) is 17.0 Å². The number of amides is 3. The smallest absolute Gasteiger partial charge is 0.410 e. The minimum atomic E-state index is -0.650. The van der Waals surface area contributed by atoms with E-state index in [1.165, 1.54) is 6.07 Å². The average Bonchev–Trinajstić information content (AvgIpc) is 2.64. The first kappa shape index (κ1) is 21.0. The largest absolute Gasteiger partial charge is 0.444 e. The van der Waals surface area contributed by atoms with Crippen LogP contribution >= 0.6 is 0 Å². The quantitative estimate of drug-likeness (QED) is 0.664. The molecule has 0 saturated carbocycles. The Labute approximate surface area is 169 Å². The maximum atomic E-state index is 14.6. The molecule has 3 amide bonds. The number of piperazine rings is 1. The van der Waals surface area contributed by atoms with Gasteiger partial charge < -0.3 is 20.3 Å². The zero-order valence-corrected chi connectivity index (χ0v) is 16.9. The van der Waals surface area contributed by atoms with Gasteiger partial charge in [0, 0.05) is 26.1 Å². The number of hydrogen-bond acceptors (Lipinski definition) is 6. The van der Waals surface area contributed by atoms with E-state index in [9.17, 15) is 18.8 Å². The third-order valence-corrected chi connectivity index (χ3v) is 4.79. The fourth-order valence-corrected chi connectivity index (χ4v) is 3.35. The van der Waals surface area contributed by atoms with Crippen molar-refractivity contribution in [2.75, 3.05) is 25.0 Å². The van der Waals surface area contributed by atoms with Gasteiger partial charge in [-0.1, -0.05) is 6.07 Å². The highest BCUT2D eigenvalue weighted by atomic mass is 19.1. The number of nitrogens with zero attached hydrogens (tertiary/aromatic N) is 1. The number of carbonyl (C=O) groups is 3. The highest BCUT2D eigenvalue weighted by Crippen LogP contribution is 2.25. The minimum absolute atomic E-state index is 0.197. The van der Waals surface area contributed by atoms with Crippen molar-refractivity contribution in [1.82, 2.24) is 15.5 Å². The van der Waals surface area contributed by atoms with Crippen LogP contribution in [0.5, 0.6) is 0 Å². The minimum Gasteiger partial charge on any atom is -0.444 e. The van der Waals surface area contributed by atoms with Gasteiger partial charge in [0.15, 0.2) is 0 Å². The topological polar surface area (TPSA) is 99.8 Å². The molecule has 0 bridgehead atoms. The summed E-state index contributed by atoms with van der Waals surface area (Å²) in [6, 6.07) is 3.85. The molecule has 2 saturated heterocycles. The van der Waals surface area contributed by atoms with Crippen molar-refractivity contribution < 1.29 is 23.5 Å². The summed E-state index contributed by atoms with van der Waals surface area (Å²) in [5.74, 6) is -1.27. The van der Waals surface area contributed by atoms with Crippen molar-refractivity contribution in [1.29, 1.82) is 0 Å². The SMILES string of the molecule is CC(C)(C)OC(=O)N1CCNC(c2ccc(NC3CCC(=O)NC3=O)c(F)c2)C1. The molecule has 9 heteroatoms. The van der Waals surface area contributed by atoms with Crippen LogP contribution in [0.1, 0.15) is 45.2 Å². The Morgan fingerprint density at radius 3 is 2.72 bits per heavy atom. The lowest BCUT2D eigenvalue weighted by molar-refractivity contribution is -0.133. The van der Waals surface area contributed by atoms with Gasteiger partial charge in [0.1, 0.15) is 17.5 Å². The predicted octanol–water partition coefficient (Wildman–Crippen LogP) is 1.92. The summed E-state index contributed by atoms with van der Waals surface area (Å²) >= 11 is 0. The first-order valence-electron chi connectivity index (χ1n) is 9.73. The van der Waals surface area contributed by atoms with E-state index in [1.807, 2.05) is 20.8 Å². The van der Waals surface area contributed by atoms with Crippen molar-refractivity contribution in [2.45, 2.75) is 51.3 Å². The Hall–Kier alpha value is -2.68. The summed E-state index contributed by atoms with van der Waals surface area (Å²) in [5.41, 5.74) is 0.319. The summed E-state index contributed by atoms with van der Waals surface area (Å²) < 4.78 is 20.1. The predicted molar refractivity (Wildman–Crippen MR) is 105 cm³/mol. The van der Waals surface area contributed by atoms with Crippen molar-refractivity contribution in [3.63, 3.8) is 0 Å². The molecule has 2 unspecified atom stereocenters. The molecule has 2 aliphatic heterocycles. The highest BCUT2D eigenvalue weighted by molar-refractivity contribution is 6.01. The van der Waals surface area contributed by atoms with E-state index in [0.29, 0.717) is 31.6 Å². The van der Waals surface area contributed by atoms with Crippen LogP contribution < -0.4 is 16.0 Å². The molecule has 2 fully saturated rings. The zero-order valence-electron chi connectivity index (χ0n) is 16.9. The number of anilines is 1. The fourth-order valence-electron chi connectivity index (χ4n) is 3.35. The van der Waals surface area contributed by atoms with Crippen LogP contribution in [-0.4, -0.2) is 54.1 Å². The normalized spacial score (nSPS) is 22.8. The maximum Gasteiger partial charge on any atom is 0.410 e. The number of rotatable bonds is 3. The molecule has 8 nitrogen and oxygen atoms in total. The lowest BCUT2D eigenvalue weighted by Crippen LogP contribution is -2.49. The van der Waals surface area contributed by atoms with Gasteiger partial charge in [0.25, 0.3) is 0 Å². The summed E-state index contributed by atoms with van der Waals surface area (Å²) in [5, 5.41) is 8.38. The van der Waals surface area contributed by atoms with Gasteiger partial charge in [-0.25, -0.2) is 9.18 Å². The first-order chi connectivity index (χ1) is 13.6. The van der Waals surface area contributed by atoms with Gasteiger partial charge in [0.2, 0.25) is 11.8 Å². The van der Waals surface area contributed by atoms with Crippen LogP contribution in [0, 0.1) is 5.82 Å². The van der Waals surface area contributed by atoms with Crippen LogP contribution in [0.4, 0.5) is 14.9 Å². The number of imide groups is 1. The second-order valence-electron chi connectivity index (χ2n) is 8.32. The lowest BCUT2D eigenvalue weighted by atomic mass is 10.0. The fraction of sp³-hybridized carbons (Fsp3) is 0.550. The van der Waals surface area contributed by atoms with E-state index in [4.69, 9.17) is 4.74 Å². The van der Waals surface area contributed by atoms with Crippen molar-refractivity contribution in [3.8, 4) is 0 Å². The maximum absolute atomic E-state index is 14.6. The second-order valence-corrected chi connectivity index (χ2v) is 8.32. The number of nitrogens with one attached hydrogen (secondary N) is 3. The molecule has 1 aromatic rings. The summed E-state index contributed by atoms with van der Waals surface area (Å²) in [7, 11) is 0. The van der Waals surface area contributed by atoms with Crippen LogP contribution in [0.15, 0.2) is 18.2 Å². The van der Waals surface area contributed by atoms with Crippen LogP contribution in [-0.2, 0) is 14.3 Å². The number of ether oxygens (including phenoxy) is 1. The molecule has 3 rings (SSSR count). The molecule has 0 aromatic heterocycles. The number of carbonyl (C=O) groups excluding carboxylic acids is 3. The summed E-state index contributed by atoms with van der Waals surface area (Å²) in [6.07, 6.45) is 0.150. The Kier molecular flexibility index (Phi) is 6.07. The Morgan fingerprint density at radius 1 is 1.31 bits per heavy atom. The monoisotopic (exact) mass is 406 g/mol. The van der Waals surface area contributed by atoms with Gasteiger partial charge in [-0.15, -0.1) is 0 Å². The van der Waals surface area contributed by atoms with Gasteiger partial charge in [-0.05, 0) is 44.9 Å². The Bertz CT molecular complexity index is 808. The van der Waals surface area contributed by atoms with E-state index in [2.05, 4.69) is 16.0 Å². The molecule has 3 N–H and O–H groups in total. The van der Waals surface area contributed by atoms with Crippen molar-refractivity contribution >= 4 is 23.6 Å². The Balaban J connectivity index is 1.65. The molecular formula is C20H27FN4O4. The molecule has 2 aliphatic rings. The van der Waals surface area contributed by atoms with Crippen molar-refractivity contribution in [3.05, 3.63) is 29.6 Å². The number of hydrogen-bond donors (Lipinski definition) is 3. The van der Waals surface area contributed by atoms with Gasteiger partial charge >= 0.3 is 6.09 Å². The molecule has 2 atom stereocenters. The molecule has 0 aliphatic carbocycles. The number of piperidine rings is 1. The molecule has 29 heavy (non-hydrogen) atoms. The van der Waals surface area contributed by atoms with Gasteiger partial charge in [-0.3, -0.25) is 14.9 Å². The molecule has 158 valence electrons. The van der Waals surface area contributed by atoms with Crippen molar-refractivity contribution in [2.24, 2.45) is 0 Å². The second kappa shape index (κ2) is 8.36. The van der Waals surface area contributed by atoms with Gasteiger partial charge in [-0.2, -0.15) is 0 Å². The Morgan fingerprint density at radius 2 is 2.07 bits per heavy atom.